The third-order valence-corrected chi connectivity index (χ3v) is 1.20. The zero-order valence-corrected chi connectivity index (χ0v) is 6.62. The quantitative estimate of drug-likeness (QED) is 0.549. The van der Waals surface area contributed by atoms with Gasteiger partial charge in [0.25, 0.3) is 0 Å². The third-order valence-electron chi connectivity index (χ3n) is 1.20. The van der Waals surface area contributed by atoms with Crippen molar-refractivity contribution in [3.05, 3.63) is 0 Å². The number of rotatable bonds is 6. The predicted octanol–water partition coefficient (Wildman–Crippen LogP) is 0.249. The maximum absolute atomic E-state index is 10.0. The monoisotopic (exact) mass is 162 g/mol. The van der Waals surface area contributed by atoms with E-state index < -0.39 is 12.1 Å². The standard InChI is InChI=1S/C7H14O4/c1-2-3-4-11-5-6(8)7(9)10/h6,8H,2-5H2,1H3,(H,9,10)/t6-/m0/s1. The number of unbranched alkanes of at least 4 members (excludes halogenated alkanes) is 1. The lowest BCUT2D eigenvalue weighted by atomic mass is 10.3. The van der Waals surface area contributed by atoms with Crippen LogP contribution < -0.4 is 0 Å². The summed E-state index contributed by atoms with van der Waals surface area (Å²) in [7, 11) is 0. The minimum atomic E-state index is -1.38. The van der Waals surface area contributed by atoms with Gasteiger partial charge >= 0.3 is 5.97 Å². The summed E-state index contributed by atoms with van der Waals surface area (Å²) in [6.45, 7) is 2.41. The lowest BCUT2D eigenvalue weighted by Gasteiger charge is -2.05. The van der Waals surface area contributed by atoms with E-state index in [4.69, 9.17) is 14.9 Å². The minimum absolute atomic E-state index is 0.116. The largest absolute Gasteiger partial charge is 0.479 e. The van der Waals surface area contributed by atoms with Crippen LogP contribution in [-0.4, -0.2) is 35.5 Å². The van der Waals surface area contributed by atoms with Gasteiger partial charge in [0, 0.05) is 6.61 Å². The second-order valence-corrected chi connectivity index (χ2v) is 2.28. The molecule has 0 rings (SSSR count). The second-order valence-electron chi connectivity index (χ2n) is 2.28. The highest BCUT2D eigenvalue weighted by Gasteiger charge is 2.11. The number of aliphatic hydroxyl groups excluding tert-OH is 1. The first-order valence-electron chi connectivity index (χ1n) is 3.67. The fourth-order valence-corrected chi connectivity index (χ4v) is 0.513. The molecule has 4 heteroatoms. The molecule has 0 saturated heterocycles. The molecular weight excluding hydrogens is 148 g/mol. The van der Waals surface area contributed by atoms with Gasteiger partial charge in [0.1, 0.15) is 0 Å². The van der Waals surface area contributed by atoms with E-state index in [9.17, 15) is 4.79 Å². The van der Waals surface area contributed by atoms with Crippen LogP contribution in [0.4, 0.5) is 0 Å². The van der Waals surface area contributed by atoms with E-state index in [0.29, 0.717) is 6.61 Å². The topological polar surface area (TPSA) is 66.8 Å². The van der Waals surface area contributed by atoms with Gasteiger partial charge in [-0.25, -0.2) is 4.79 Å². The number of hydrogen-bond donors (Lipinski definition) is 2. The number of carboxylic acids is 1. The van der Waals surface area contributed by atoms with Crippen LogP contribution in [-0.2, 0) is 9.53 Å². The molecule has 0 amide bonds. The molecule has 1 atom stereocenters. The van der Waals surface area contributed by atoms with E-state index in [1.54, 1.807) is 0 Å². The molecule has 0 spiro atoms. The van der Waals surface area contributed by atoms with Gasteiger partial charge in [0.15, 0.2) is 6.10 Å². The fourth-order valence-electron chi connectivity index (χ4n) is 0.513. The van der Waals surface area contributed by atoms with Crippen molar-refractivity contribution in [1.29, 1.82) is 0 Å². The van der Waals surface area contributed by atoms with Crippen LogP contribution in [0.3, 0.4) is 0 Å². The maximum Gasteiger partial charge on any atom is 0.334 e. The Kier molecular flexibility index (Phi) is 5.78. The van der Waals surface area contributed by atoms with Crippen LogP contribution in [0, 0.1) is 0 Å². The van der Waals surface area contributed by atoms with Gasteiger partial charge in [-0.05, 0) is 6.42 Å². The van der Waals surface area contributed by atoms with E-state index in [2.05, 4.69) is 0 Å². The molecule has 2 N–H and O–H groups in total. The van der Waals surface area contributed by atoms with E-state index in [0.717, 1.165) is 12.8 Å². The Labute approximate surface area is 65.8 Å². The highest BCUT2D eigenvalue weighted by atomic mass is 16.5. The summed E-state index contributed by atoms with van der Waals surface area (Å²) in [5.74, 6) is -1.23. The Hall–Kier alpha value is -0.610. The number of carboxylic acid groups (broad SMARTS) is 1. The van der Waals surface area contributed by atoms with Gasteiger partial charge in [0.05, 0.1) is 6.61 Å². The highest BCUT2D eigenvalue weighted by molar-refractivity contribution is 5.71. The summed E-state index contributed by atoms with van der Waals surface area (Å²) in [5, 5.41) is 16.9. The fraction of sp³-hybridized carbons (Fsp3) is 0.857. The molecule has 0 radical (unpaired) electrons. The zero-order valence-electron chi connectivity index (χ0n) is 6.62. The van der Waals surface area contributed by atoms with Crippen molar-refractivity contribution in [2.45, 2.75) is 25.9 Å². The SMILES string of the molecule is CCCCOC[C@H](O)C(=O)O. The molecule has 0 aromatic carbocycles. The van der Waals surface area contributed by atoms with E-state index in [-0.39, 0.29) is 6.61 Å². The molecule has 0 aliphatic rings. The van der Waals surface area contributed by atoms with Crippen molar-refractivity contribution in [2.24, 2.45) is 0 Å². The zero-order chi connectivity index (χ0) is 8.69. The molecule has 0 aromatic heterocycles. The summed E-state index contributed by atoms with van der Waals surface area (Å²) in [5.41, 5.74) is 0. The maximum atomic E-state index is 10.0. The summed E-state index contributed by atoms with van der Waals surface area (Å²) in [4.78, 5) is 10.0. The average Bonchev–Trinajstić information content (AvgIpc) is 1.97. The molecule has 4 nitrogen and oxygen atoms in total. The number of hydrogen-bond acceptors (Lipinski definition) is 3. The summed E-state index contributed by atoms with van der Waals surface area (Å²) >= 11 is 0. The van der Waals surface area contributed by atoms with Crippen LogP contribution in [0.5, 0.6) is 0 Å². The minimum Gasteiger partial charge on any atom is -0.479 e. The van der Waals surface area contributed by atoms with E-state index >= 15 is 0 Å². The first-order chi connectivity index (χ1) is 5.18. The van der Waals surface area contributed by atoms with Crippen molar-refractivity contribution < 1.29 is 19.7 Å². The van der Waals surface area contributed by atoms with Crippen molar-refractivity contribution in [3.8, 4) is 0 Å². The number of aliphatic hydroxyl groups is 1. The summed E-state index contributed by atoms with van der Waals surface area (Å²) < 4.78 is 4.87. The first-order valence-corrected chi connectivity index (χ1v) is 3.67. The van der Waals surface area contributed by atoms with Crippen molar-refractivity contribution in [2.75, 3.05) is 13.2 Å². The molecule has 0 aliphatic heterocycles. The van der Waals surface area contributed by atoms with Gasteiger partial charge in [-0.3, -0.25) is 0 Å². The van der Waals surface area contributed by atoms with E-state index in [1.807, 2.05) is 6.92 Å². The highest BCUT2D eigenvalue weighted by Crippen LogP contribution is 1.90. The Morgan fingerprint density at radius 2 is 2.27 bits per heavy atom. The smallest absolute Gasteiger partial charge is 0.334 e. The molecular formula is C7H14O4. The molecule has 0 bridgehead atoms. The Bertz CT molecular complexity index is 113. The molecule has 66 valence electrons. The van der Waals surface area contributed by atoms with Crippen molar-refractivity contribution in [3.63, 3.8) is 0 Å². The molecule has 0 saturated carbocycles. The van der Waals surface area contributed by atoms with Crippen LogP contribution in [0.1, 0.15) is 19.8 Å². The summed E-state index contributed by atoms with van der Waals surface area (Å²) in [6.07, 6.45) is 0.516. The molecule has 0 aliphatic carbocycles. The lowest BCUT2D eigenvalue weighted by molar-refractivity contribution is -0.149. The van der Waals surface area contributed by atoms with Gasteiger partial charge in [0.2, 0.25) is 0 Å². The third kappa shape index (κ3) is 5.82. The van der Waals surface area contributed by atoms with Gasteiger partial charge in [-0.2, -0.15) is 0 Å². The number of ether oxygens (including phenoxy) is 1. The Morgan fingerprint density at radius 1 is 1.64 bits per heavy atom. The molecule has 0 fully saturated rings. The normalized spacial score (nSPS) is 12.9. The van der Waals surface area contributed by atoms with Crippen molar-refractivity contribution in [1.82, 2.24) is 0 Å². The summed E-state index contributed by atoms with van der Waals surface area (Å²) in [6, 6.07) is 0. The average molecular weight is 162 g/mol. The molecule has 0 aromatic rings. The van der Waals surface area contributed by atoms with Crippen LogP contribution in [0.2, 0.25) is 0 Å². The second kappa shape index (κ2) is 6.12. The lowest BCUT2D eigenvalue weighted by Crippen LogP contribution is -2.25. The Morgan fingerprint density at radius 3 is 2.73 bits per heavy atom. The van der Waals surface area contributed by atoms with Gasteiger partial charge < -0.3 is 14.9 Å². The number of carbonyl (C=O) groups is 1. The molecule has 11 heavy (non-hydrogen) atoms. The van der Waals surface area contributed by atoms with Gasteiger partial charge in [-0.1, -0.05) is 13.3 Å². The Balaban J connectivity index is 3.17. The predicted molar refractivity (Wildman–Crippen MR) is 39.4 cm³/mol. The molecule has 0 unspecified atom stereocenters. The van der Waals surface area contributed by atoms with E-state index in [1.165, 1.54) is 0 Å². The number of aliphatic carboxylic acids is 1. The van der Waals surface area contributed by atoms with Crippen LogP contribution in [0.25, 0.3) is 0 Å². The van der Waals surface area contributed by atoms with Crippen LogP contribution >= 0.6 is 0 Å². The molecule has 0 heterocycles. The van der Waals surface area contributed by atoms with Crippen molar-refractivity contribution >= 4 is 5.97 Å². The van der Waals surface area contributed by atoms with Crippen LogP contribution in [0.15, 0.2) is 0 Å². The van der Waals surface area contributed by atoms with Gasteiger partial charge in [-0.15, -0.1) is 0 Å². The first kappa shape index (κ1) is 10.4.